The van der Waals surface area contributed by atoms with E-state index in [9.17, 15) is 9.59 Å². The van der Waals surface area contributed by atoms with E-state index in [4.69, 9.17) is 10.5 Å². The first-order valence-electron chi connectivity index (χ1n) is 6.94. The molecule has 0 saturated carbocycles. The summed E-state index contributed by atoms with van der Waals surface area (Å²) in [6.07, 6.45) is -0.590. The minimum atomic E-state index is -0.590. The summed E-state index contributed by atoms with van der Waals surface area (Å²) in [5.41, 5.74) is 6.49. The van der Waals surface area contributed by atoms with Crippen LogP contribution in [-0.2, 0) is 11.3 Å². The lowest BCUT2D eigenvalue weighted by molar-refractivity contribution is -0.127. The molecule has 0 bridgehead atoms. The predicted octanol–water partition coefficient (Wildman–Crippen LogP) is 1.87. The molecule has 2 rings (SSSR count). The Labute approximate surface area is 129 Å². The summed E-state index contributed by atoms with van der Waals surface area (Å²) in [4.78, 5) is 23.0. The summed E-state index contributed by atoms with van der Waals surface area (Å²) in [5.74, 6) is -0.0285. The van der Waals surface area contributed by atoms with Gasteiger partial charge in [0.1, 0.15) is 5.75 Å². The highest BCUT2D eigenvalue weighted by atomic mass is 16.5. The van der Waals surface area contributed by atoms with Crippen molar-refractivity contribution in [1.29, 1.82) is 0 Å². The molecule has 0 heterocycles. The lowest BCUT2D eigenvalue weighted by Gasteiger charge is -2.14. The zero-order valence-electron chi connectivity index (χ0n) is 12.3. The molecule has 1 atom stereocenters. The minimum Gasteiger partial charge on any atom is -0.481 e. The molecule has 0 fully saturated rings. The Morgan fingerprint density at radius 3 is 2.32 bits per heavy atom. The predicted molar refractivity (Wildman–Crippen MR) is 83.3 cm³/mol. The van der Waals surface area contributed by atoms with Gasteiger partial charge in [-0.15, -0.1) is 0 Å². The number of hydrogen-bond donors (Lipinski definition) is 2. The maximum atomic E-state index is 12.0. The highest BCUT2D eigenvalue weighted by molar-refractivity contribution is 5.92. The third-order valence-electron chi connectivity index (χ3n) is 3.13. The number of hydrogen-bond acceptors (Lipinski definition) is 3. The van der Waals surface area contributed by atoms with Crippen molar-refractivity contribution in [3.05, 3.63) is 65.7 Å². The number of nitrogens with one attached hydrogen (secondary N) is 1. The third-order valence-corrected chi connectivity index (χ3v) is 3.13. The van der Waals surface area contributed by atoms with Gasteiger partial charge in [-0.05, 0) is 36.8 Å². The van der Waals surface area contributed by atoms with Gasteiger partial charge in [-0.25, -0.2) is 0 Å². The van der Waals surface area contributed by atoms with Crippen molar-refractivity contribution in [3.63, 3.8) is 0 Å². The summed E-state index contributed by atoms with van der Waals surface area (Å²) < 4.78 is 5.54. The highest BCUT2D eigenvalue weighted by Crippen LogP contribution is 2.11. The molecule has 3 N–H and O–H groups in total. The second-order valence-corrected chi connectivity index (χ2v) is 4.85. The number of amides is 2. The van der Waals surface area contributed by atoms with E-state index < -0.39 is 12.0 Å². The van der Waals surface area contributed by atoms with Crippen LogP contribution in [-0.4, -0.2) is 17.9 Å². The average molecular weight is 298 g/mol. The van der Waals surface area contributed by atoms with Crippen LogP contribution in [0.25, 0.3) is 0 Å². The van der Waals surface area contributed by atoms with Gasteiger partial charge in [0.05, 0.1) is 0 Å². The molecule has 22 heavy (non-hydrogen) atoms. The van der Waals surface area contributed by atoms with Gasteiger partial charge in [0, 0.05) is 12.1 Å². The van der Waals surface area contributed by atoms with Gasteiger partial charge in [-0.3, -0.25) is 9.59 Å². The molecule has 114 valence electrons. The van der Waals surface area contributed by atoms with E-state index in [2.05, 4.69) is 5.32 Å². The summed E-state index contributed by atoms with van der Waals surface area (Å²) in [7, 11) is 0. The number of carbonyl (C=O) groups is 2. The number of benzene rings is 2. The molecule has 2 amide bonds. The first-order valence-corrected chi connectivity index (χ1v) is 6.94. The fourth-order valence-electron chi connectivity index (χ4n) is 1.88. The molecule has 5 nitrogen and oxygen atoms in total. The summed E-state index contributed by atoms with van der Waals surface area (Å²) in [6.45, 7) is 2.05. The molecule has 0 radical (unpaired) electrons. The van der Waals surface area contributed by atoms with Crippen molar-refractivity contribution < 1.29 is 14.3 Å². The maximum absolute atomic E-state index is 12.0. The topological polar surface area (TPSA) is 81.4 Å². The average Bonchev–Trinajstić information content (AvgIpc) is 2.53. The van der Waals surface area contributed by atoms with Gasteiger partial charge >= 0.3 is 0 Å². The van der Waals surface area contributed by atoms with Crippen LogP contribution in [0, 0.1) is 0 Å². The Morgan fingerprint density at radius 1 is 1.09 bits per heavy atom. The van der Waals surface area contributed by atoms with E-state index in [-0.39, 0.29) is 5.91 Å². The largest absolute Gasteiger partial charge is 0.481 e. The molecule has 5 heteroatoms. The molecule has 0 spiro atoms. The zero-order valence-corrected chi connectivity index (χ0v) is 12.3. The Bertz CT molecular complexity index is 639. The van der Waals surface area contributed by atoms with Gasteiger partial charge in [0.2, 0.25) is 5.91 Å². The number of carbonyl (C=O) groups excluding carboxylic acids is 2. The summed E-state index contributed by atoms with van der Waals surface area (Å²) in [5, 5.41) is 2.79. The van der Waals surface area contributed by atoms with Crippen molar-refractivity contribution in [2.45, 2.75) is 19.6 Å². The number of rotatable bonds is 6. The molecule has 0 aliphatic heterocycles. The van der Waals surface area contributed by atoms with Gasteiger partial charge in [-0.2, -0.15) is 0 Å². The number of ether oxygens (including phenoxy) is 1. The van der Waals surface area contributed by atoms with Gasteiger partial charge in [0.25, 0.3) is 5.91 Å². The maximum Gasteiger partial charge on any atom is 0.261 e. The van der Waals surface area contributed by atoms with E-state index in [0.717, 1.165) is 5.56 Å². The normalized spacial score (nSPS) is 11.5. The lowest BCUT2D eigenvalue weighted by Crippen LogP contribution is -2.35. The Morgan fingerprint density at radius 2 is 1.73 bits per heavy atom. The zero-order chi connectivity index (χ0) is 15.9. The molecule has 2 aromatic rings. The van der Waals surface area contributed by atoms with Crippen LogP contribution in [0.5, 0.6) is 5.75 Å². The van der Waals surface area contributed by atoms with Crippen LogP contribution in [0.15, 0.2) is 54.6 Å². The molecule has 0 aliphatic rings. The van der Waals surface area contributed by atoms with Crippen LogP contribution in [0.2, 0.25) is 0 Å². The fraction of sp³-hybridized carbons (Fsp3) is 0.176. The highest BCUT2D eigenvalue weighted by Gasteiger charge is 2.14. The van der Waals surface area contributed by atoms with Crippen molar-refractivity contribution in [2.24, 2.45) is 5.73 Å². The lowest BCUT2D eigenvalue weighted by atomic mass is 10.1. The van der Waals surface area contributed by atoms with Crippen LogP contribution in [0.4, 0.5) is 0 Å². The van der Waals surface area contributed by atoms with Crippen molar-refractivity contribution in [3.8, 4) is 5.75 Å². The standard InChI is InChI=1S/C17H18N2O3/c1-12(22-15-5-3-2-4-6-15)17(21)19-11-13-7-9-14(10-8-13)16(18)20/h2-10,12H,11H2,1H3,(H2,18,20)(H,19,21)/t12-/m0/s1. The minimum absolute atomic E-state index is 0.206. The molecular formula is C17H18N2O3. The van der Waals surface area contributed by atoms with Crippen molar-refractivity contribution >= 4 is 11.8 Å². The Hall–Kier alpha value is -2.82. The van der Waals surface area contributed by atoms with Crippen LogP contribution < -0.4 is 15.8 Å². The number of nitrogens with two attached hydrogens (primary N) is 1. The third kappa shape index (κ3) is 4.34. The van der Waals surface area contributed by atoms with Crippen LogP contribution in [0.3, 0.4) is 0 Å². The molecule has 0 aromatic heterocycles. The molecule has 0 unspecified atom stereocenters. The molecule has 0 aliphatic carbocycles. The van der Waals surface area contributed by atoms with E-state index in [1.54, 1.807) is 43.3 Å². The van der Waals surface area contributed by atoms with Gasteiger partial charge in [0.15, 0.2) is 6.10 Å². The second kappa shape index (κ2) is 7.26. The quantitative estimate of drug-likeness (QED) is 0.854. The van der Waals surface area contributed by atoms with E-state index in [1.807, 2.05) is 18.2 Å². The second-order valence-electron chi connectivity index (χ2n) is 4.85. The van der Waals surface area contributed by atoms with Crippen molar-refractivity contribution in [1.82, 2.24) is 5.32 Å². The van der Waals surface area contributed by atoms with E-state index in [0.29, 0.717) is 17.9 Å². The summed E-state index contributed by atoms with van der Waals surface area (Å²) >= 11 is 0. The molecule has 2 aromatic carbocycles. The first kappa shape index (κ1) is 15.6. The van der Waals surface area contributed by atoms with Crippen molar-refractivity contribution in [2.75, 3.05) is 0 Å². The Balaban J connectivity index is 1.85. The smallest absolute Gasteiger partial charge is 0.261 e. The first-order chi connectivity index (χ1) is 10.6. The molecular weight excluding hydrogens is 280 g/mol. The Kier molecular flexibility index (Phi) is 5.14. The monoisotopic (exact) mass is 298 g/mol. The van der Waals surface area contributed by atoms with Crippen LogP contribution >= 0.6 is 0 Å². The van der Waals surface area contributed by atoms with Crippen LogP contribution in [0.1, 0.15) is 22.8 Å². The molecule has 0 saturated heterocycles. The number of primary amides is 1. The summed E-state index contributed by atoms with van der Waals surface area (Å²) in [6, 6.07) is 15.9. The van der Waals surface area contributed by atoms with Gasteiger partial charge < -0.3 is 15.8 Å². The fourth-order valence-corrected chi connectivity index (χ4v) is 1.88. The van der Waals surface area contributed by atoms with Gasteiger partial charge in [-0.1, -0.05) is 30.3 Å². The SMILES string of the molecule is C[C@H](Oc1ccccc1)C(=O)NCc1ccc(C(N)=O)cc1. The van der Waals surface area contributed by atoms with E-state index in [1.165, 1.54) is 0 Å². The van der Waals surface area contributed by atoms with E-state index >= 15 is 0 Å². The number of para-hydroxylation sites is 1.